The number of hydrogen-bond donors (Lipinski definition) is 0. The van der Waals surface area contributed by atoms with E-state index < -0.39 is 9.84 Å². The molecular weight excluding hydrogens is 348 g/mol. The molecule has 1 aliphatic rings. The zero-order valence-corrected chi connectivity index (χ0v) is 15.5. The minimum atomic E-state index is -2.91. The van der Waals surface area contributed by atoms with E-state index in [-0.39, 0.29) is 17.5 Å². The first kappa shape index (κ1) is 17.4. The molecule has 1 fully saturated rings. The number of sulfone groups is 1. The first-order valence-electron chi connectivity index (χ1n) is 8.11. The number of hydrogen-bond acceptors (Lipinski definition) is 6. The molecule has 0 saturated carbocycles. The fourth-order valence-corrected chi connectivity index (χ4v) is 5.19. The van der Waals surface area contributed by atoms with Gasteiger partial charge >= 0.3 is 0 Å². The summed E-state index contributed by atoms with van der Waals surface area (Å²) in [5.74, 6) is 1.85. The highest BCUT2D eigenvalue weighted by Gasteiger charge is 2.32. The van der Waals surface area contributed by atoms with Gasteiger partial charge in [0.1, 0.15) is 0 Å². The molecule has 1 unspecified atom stereocenters. The quantitative estimate of drug-likeness (QED) is 0.726. The van der Waals surface area contributed by atoms with Crippen LogP contribution in [-0.4, -0.2) is 51.8 Å². The van der Waals surface area contributed by atoms with Crippen LogP contribution in [0.15, 0.2) is 22.8 Å². The fourth-order valence-electron chi connectivity index (χ4n) is 3.12. The zero-order valence-electron chi connectivity index (χ0n) is 13.9. The molecule has 0 N–H and O–H groups in total. The Bertz CT molecular complexity index is 852. The maximum absolute atomic E-state index is 11.8. The Kier molecular flexibility index (Phi) is 4.93. The maximum Gasteiger partial charge on any atom is 0.199 e. The average molecular weight is 371 g/mol. The second-order valence-corrected chi connectivity index (χ2v) is 8.52. The lowest BCUT2D eigenvalue weighted by Gasteiger charge is -2.25. The highest BCUT2D eigenvalue weighted by molar-refractivity contribution is 7.91. The molecule has 9 heteroatoms. The smallest absolute Gasteiger partial charge is 0.199 e. The van der Waals surface area contributed by atoms with Crippen LogP contribution in [0.4, 0.5) is 0 Å². The molecule has 1 atom stereocenters. The van der Waals surface area contributed by atoms with Crippen LogP contribution in [0.1, 0.15) is 20.3 Å². The van der Waals surface area contributed by atoms with E-state index in [2.05, 4.69) is 10.00 Å². The largest absolute Gasteiger partial charge is 0.461 e. The van der Waals surface area contributed by atoms with Crippen LogP contribution in [0, 0.1) is 4.77 Å². The summed E-state index contributed by atoms with van der Waals surface area (Å²) in [6.07, 6.45) is 2.28. The molecule has 7 nitrogen and oxygen atoms in total. The Morgan fingerprint density at radius 3 is 2.79 bits per heavy atom. The molecule has 3 heterocycles. The van der Waals surface area contributed by atoms with E-state index in [4.69, 9.17) is 16.6 Å². The Labute approximate surface area is 146 Å². The third kappa shape index (κ3) is 3.33. The van der Waals surface area contributed by atoms with Crippen molar-refractivity contribution < 1.29 is 12.8 Å². The van der Waals surface area contributed by atoms with Gasteiger partial charge in [0.2, 0.25) is 0 Å². The van der Waals surface area contributed by atoms with Gasteiger partial charge in [0, 0.05) is 12.6 Å². The van der Waals surface area contributed by atoms with Gasteiger partial charge in [-0.15, -0.1) is 5.10 Å². The second-order valence-electron chi connectivity index (χ2n) is 5.93. The van der Waals surface area contributed by atoms with Gasteiger partial charge in [0.25, 0.3) is 0 Å². The van der Waals surface area contributed by atoms with Crippen molar-refractivity contribution in [3.05, 3.63) is 23.2 Å². The van der Waals surface area contributed by atoms with Gasteiger partial charge in [0.05, 0.1) is 24.4 Å². The molecule has 1 saturated heterocycles. The van der Waals surface area contributed by atoms with Crippen molar-refractivity contribution in [1.82, 2.24) is 19.2 Å². The molecule has 0 aliphatic carbocycles. The third-order valence-corrected chi connectivity index (χ3v) is 6.61. The molecule has 1 aliphatic heterocycles. The van der Waals surface area contributed by atoms with Gasteiger partial charge < -0.3 is 4.42 Å². The summed E-state index contributed by atoms with van der Waals surface area (Å²) in [5, 5.41) is 4.61. The van der Waals surface area contributed by atoms with Crippen LogP contribution in [0.5, 0.6) is 0 Å². The Balaban J connectivity index is 1.88. The zero-order chi connectivity index (χ0) is 17.3. The molecule has 2 aromatic rings. The third-order valence-electron chi connectivity index (χ3n) is 4.43. The van der Waals surface area contributed by atoms with Gasteiger partial charge in [-0.3, -0.25) is 9.47 Å². The lowest BCUT2D eigenvalue weighted by atomic mass is 10.2. The second kappa shape index (κ2) is 6.81. The maximum atomic E-state index is 11.8. The molecule has 132 valence electrons. The molecule has 24 heavy (non-hydrogen) atoms. The predicted molar refractivity (Wildman–Crippen MR) is 93.9 cm³/mol. The Hall–Kier alpha value is -1.45. The van der Waals surface area contributed by atoms with Crippen LogP contribution in [-0.2, 0) is 23.1 Å². The van der Waals surface area contributed by atoms with Crippen LogP contribution in [0.3, 0.4) is 0 Å². The number of rotatable bonds is 6. The van der Waals surface area contributed by atoms with E-state index in [1.54, 1.807) is 10.9 Å². The van der Waals surface area contributed by atoms with Crippen molar-refractivity contribution in [2.75, 3.05) is 18.1 Å². The van der Waals surface area contributed by atoms with Gasteiger partial charge in [-0.25, -0.2) is 13.1 Å². The van der Waals surface area contributed by atoms with Crippen LogP contribution in [0.2, 0.25) is 0 Å². The SMILES string of the molecule is CCN(Cn1nc(-c2ccco2)n(CC)c1=S)C1CCS(=O)(=O)C1. The van der Waals surface area contributed by atoms with E-state index in [9.17, 15) is 8.42 Å². The van der Waals surface area contributed by atoms with Crippen LogP contribution >= 0.6 is 12.2 Å². The van der Waals surface area contributed by atoms with Gasteiger partial charge in [-0.1, -0.05) is 6.92 Å². The first-order valence-corrected chi connectivity index (χ1v) is 10.3. The highest BCUT2D eigenvalue weighted by atomic mass is 32.2. The standard InChI is InChI=1S/C15H22N4O3S2/c1-3-17(12-7-9-24(20,21)10-12)11-19-15(23)18(4-2)14(16-19)13-6-5-8-22-13/h5-6,8,12H,3-4,7,9-11H2,1-2H3. The molecule has 0 amide bonds. The number of nitrogens with zero attached hydrogens (tertiary/aromatic N) is 4. The first-order chi connectivity index (χ1) is 11.4. The monoisotopic (exact) mass is 370 g/mol. The van der Waals surface area contributed by atoms with Gasteiger partial charge in [0.15, 0.2) is 26.2 Å². The van der Waals surface area contributed by atoms with Crippen molar-refractivity contribution >= 4 is 22.1 Å². The molecule has 2 aromatic heterocycles. The predicted octanol–water partition coefficient (Wildman–Crippen LogP) is 2.16. The van der Waals surface area contributed by atoms with Crippen molar-refractivity contribution in [1.29, 1.82) is 0 Å². The summed E-state index contributed by atoms with van der Waals surface area (Å²) in [6, 6.07) is 3.70. The van der Waals surface area contributed by atoms with E-state index >= 15 is 0 Å². The summed E-state index contributed by atoms with van der Waals surface area (Å²) < 4.78 is 33.3. The van der Waals surface area contributed by atoms with Crippen molar-refractivity contribution in [3.8, 4) is 11.6 Å². The molecule has 0 radical (unpaired) electrons. The topological polar surface area (TPSA) is 73.3 Å². The van der Waals surface area contributed by atoms with Gasteiger partial charge in [-0.05, 0) is 44.2 Å². The van der Waals surface area contributed by atoms with Crippen molar-refractivity contribution in [3.63, 3.8) is 0 Å². The van der Waals surface area contributed by atoms with E-state index in [1.165, 1.54) is 0 Å². The van der Waals surface area contributed by atoms with E-state index in [0.29, 0.717) is 36.0 Å². The molecule has 3 rings (SSSR count). The summed E-state index contributed by atoms with van der Waals surface area (Å²) in [5.41, 5.74) is 0. The number of aromatic nitrogens is 3. The lowest BCUT2D eigenvalue weighted by molar-refractivity contribution is 0.164. The molecule has 0 spiro atoms. The normalized spacial score (nSPS) is 20.0. The van der Waals surface area contributed by atoms with Crippen molar-refractivity contribution in [2.24, 2.45) is 0 Å². The Morgan fingerprint density at radius 2 is 2.25 bits per heavy atom. The van der Waals surface area contributed by atoms with E-state index in [0.717, 1.165) is 6.54 Å². The average Bonchev–Trinajstić information content (AvgIpc) is 3.24. The fraction of sp³-hybridized carbons (Fsp3) is 0.600. The summed E-state index contributed by atoms with van der Waals surface area (Å²) >= 11 is 5.55. The minimum Gasteiger partial charge on any atom is -0.461 e. The van der Waals surface area contributed by atoms with Crippen LogP contribution in [0.25, 0.3) is 11.6 Å². The highest BCUT2D eigenvalue weighted by Crippen LogP contribution is 2.21. The number of furan rings is 1. The van der Waals surface area contributed by atoms with Crippen LogP contribution < -0.4 is 0 Å². The van der Waals surface area contributed by atoms with E-state index in [1.807, 2.05) is 30.5 Å². The summed E-state index contributed by atoms with van der Waals surface area (Å²) in [7, 11) is -2.91. The minimum absolute atomic E-state index is 0.0285. The lowest BCUT2D eigenvalue weighted by Crippen LogP contribution is -2.37. The molecule has 0 bridgehead atoms. The van der Waals surface area contributed by atoms with Crippen molar-refractivity contribution in [2.45, 2.75) is 39.5 Å². The Morgan fingerprint density at radius 1 is 1.46 bits per heavy atom. The summed E-state index contributed by atoms with van der Waals surface area (Å²) in [6.45, 7) is 5.96. The molecular formula is C15H22N4O3S2. The van der Waals surface area contributed by atoms with Gasteiger partial charge in [-0.2, -0.15) is 0 Å². The molecule has 0 aromatic carbocycles. The summed E-state index contributed by atoms with van der Waals surface area (Å²) in [4.78, 5) is 2.12.